The fraction of sp³-hybridized carbons (Fsp3) is 0.250. The van der Waals surface area contributed by atoms with Crippen LogP contribution in [0.5, 0.6) is 0 Å². The first-order valence-electron chi connectivity index (χ1n) is 6.18. The van der Waals surface area contributed by atoms with Crippen molar-refractivity contribution < 1.29 is 0 Å². The molecule has 0 nitrogen and oxygen atoms in total. The summed E-state index contributed by atoms with van der Waals surface area (Å²) >= 11 is -0.658. The van der Waals surface area contributed by atoms with Crippen molar-refractivity contribution in [1.82, 2.24) is 0 Å². The number of hydrogen-bond donors (Lipinski definition) is 0. The third-order valence-corrected chi connectivity index (χ3v) is 8.92. The van der Waals surface area contributed by atoms with Crippen molar-refractivity contribution in [3.63, 3.8) is 0 Å². The molecule has 0 heterocycles. The molecule has 2 aromatic rings. The normalized spacial score (nSPS) is 10.0. The van der Waals surface area contributed by atoms with E-state index < -0.39 is 24.2 Å². The van der Waals surface area contributed by atoms with Gasteiger partial charge in [0, 0.05) is 0 Å². The minimum atomic E-state index is -0.658. The molecule has 0 spiro atoms. The Balaban J connectivity index is 1.93. The molecule has 0 aliphatic carbocycles. The van der Waals surface area contributed by atoms with Crippen LogP contribution in [0.4, 0.5) is 0 Å². The topological polar surface area (TPSA) is 0 Å². The van der Waals surface area contributed by atoms with Crippen molar-refractivity contribution in [2.75, 3.05) is 0 Å². The van der Waals surface area contributed by atoms with Gasteiger partial charge in [0.15, 0.2) is 0 Å². The van der Waals surface area contributed by atoms with Crippen LogP contribution in [-0.4, -0.2) is 24.2 Å². The number of rotatable bonds is 4. The van der Waals surface area contributed by atoms with Gasteiger partial charge in [-0.15, -0.1) is 0 Å². The average Bonchev–Trinajstić information content (AvgIpc) is 2.34. The van der Waals surface area contributed by atoms with Gasteiger partial charge < -0.3 is 0 Å². The quantitative estimate of drug-likeness (QED) is 0.669. The van der Waals surface area contributed by atoms with E-state index >= 15 is 0 Å². The molecular formula is C16H18Tl. The zero-order chi connectivity index (χ0) is 12.1. The van der Waals surface area contributed by atoms with Gasteiger partial charge in [-0.2, -0.15) is 0 Å². The Kier molecular flexibility index (Phi) is 4.77. The Morgan fingerprint density at radius 3 is 1.53 bits per heavy atom. The zero-order valence-electron chi connectivity index (χ0n) is 10.6. The summed E-state index contributed by atoms with van der Waals surface area (Å²) in [6.07, 6.45) is 0. The van der Waals surface area contributed by atoms with E-state index in [1.807, 2.05) is 0 Å². The van der Waals surface area contributed by atoms with E-state index in [2.05, 4.69) is 62.4 Å². The summed E-state index contributed by atoms with van der Waals surface area (Å²) in [7, 11) is 0. The van der Waals surface area contributed by atoms with Gasteiger partial charge in [-0.1, -0.05) is 0 Å². The van der Waals surface area contributed by atoms with Gasteiger partial charge in [0.2, 0.25) is 0 Å². The van der Waals surface area contributed by atoms with Gasteiger partial charge in [0.1, 0.15) is 0 Å². The Bertz CT molecular complexity index is 443. The summed E-state index contributed by atoms with van der Waals surface area (Å²) in [5.41, 5.74) is 6.09. The summed E-state index contributed by atoms with van der Waals surface area (Å²) in [6.45, 7) is 4.46. The minimum absolute atomic E-state index is 0.658. The van der Waals surface area contributed by atoms with Crippen molar-refractivity contribution in [3.8, 4) is 0 Å². The molecule has 2 aromatic carbocycles. The summed E-state index contributed by atoms with van der Waals surface area (Å²) in [4.78, 5) is 0. The third kappa shape index (κ3) is 3.66. The third-order valence-electron chi connectivity index (χ3n) is 3.25. The van der Waals surface area contributed by atoms with Crippen LogP contribution in [0, 0.1) is 13.8 Å². The molecule has 0 aliphatic heterocycles. The van der Waals surface area contributed by atoms with E-state index in [4.69, 9.17) is 0 Å². The zero-order valence-corrected chi connectivity index (χ0v) is 15.1. The number of aryl methyl sites for hydroxylation is 2. The first-order chi connectivity index (χ1) is 8.27. The van der Waals surface area contributed by atoms with E-state index in [-0.39, 0.29) is 0 Å². The van der Waals surface area contributed by atoms with Crippen LogP contribution >= 0.6 is 0 Å². The van der Waals surface area contributed by atoms with E-state index in [1.54, 1.807) is 11.1 Å². The standard InChI is InChI=1S/2C8H9.Tl/c2*1-7-5-3-4-6-8(7)2;/h2*3-6H,1H2,2H3;. The van der Waals surface area contributed by atoms with E-state index in [0.29, 0.717) is 0 Å². The summed E-state index contributed by atoms with van der Waals surface area (Å²) < 4.78 is 2.78. The van der Waals surface area contributed by atoms with Gasteiger partial charge in [-0.05, 0) is 0 Å². The number of hydrogen-bond acceptors (Lipinski definition) is 0. The monoisotopic (exact) mass is 415 g/mol. The van der Waals surface area contributed by atoms with Crippen molar-refractivity contribution in [1.29, 1.82) is 0 Å². The van der Waals surface area contributed by atoms with Crippen LogP contribution < -0.4 is 0 Å². The summed E-state index contributed by atoms with van der Waals surface area (Å²) in [5, 5.41) is 0. The Hall–Kier alpha value is -0.638. The molecular weight excluding hydrogens is 397 g/mol. The molecule has 2 rings (SSSR count). The fourth-order valence-corrected chi connectivity index (χ4v) is 8.60. The molecule has 0 radical (unpaired) electrons. The molecule has 0 amide bonds. The fourth-order valence-electron chi connectivity index (χ4n) is 2.06. The molecule has 0 fully saturated rings. The van der Waals surface area contributed by atoms with Crippen LogP contribution in [0.15, 0.2) is 48.5 Å². The van der Waals surface area contributed by atoms with Crippen LogP contribution in [0.25, 0.3) is 0 Å². The Morgan fingerprint density at radius 2 is 1.12 bits per heavy atom. The van der Waals surface area contributed by atoms with E-state index in [0.717, 1.165) is 0 Å². The molecule has 1 heteroatoms. The van der Waals surface area contributed by atoms with Crippen LogP contribution in [0.2, 0.25) is 0 Å². The maximum atomic E-state index is 2.30. The molecule has 0 bridgehead atoms. The van der Waals surface area contributed by atoms with Gasteiger partial charge in [-0.3, -0.25) is 0 Å². The number of benzene rings is 2. The second-order valence-electron chi connectivity index (χ2n) is 4.55. The van der Waals surface area contributed by atoms with E-state index in [9.17, 15) is 0 Å². The molecule has 0 aromatic heterocycles. The Labute approximate surface area is 116 Å². The van der Waals surface area contributed by atoms with Crippen LogP contribution in [0.1, 0.15) is 22.3 Å². The molecule has 0 saturated carbocycles. The van der Waals surface area contributed by atoms with Gasteiger partial charge in [0.05, 0.1) is 0 Å². The van der Waals surface area contributed by atoms with Crippen molar-refractivity contribution >= 4 is 24.2 Å². The van der Waals surface area contributed by atoms with Crippen molar-refractivity contribution in [2.24, 2.45) is 0 Å². The van der Waals surface area contributed by atoms with Crippen molar-refractivity contribution in [3.05, 3.63) is 70.8 Å². The van der Waals surface area contributed by atoms with Crippen LogP contribution in [-0.2, 0) is 7.96 Å². The summed E-state index contributed by atoms with van der Waals surface area (Å²) in [6, 6.07) is 17.7. The molecule has 85 valence electrons. The van der Waals surface area contributed by atoms with Gasteiger partial charge in [0.25, 0.3) is 0 Å². The second kappa shape index (κ2) is 6.34. The molecule has 0 aliphatic rings. The van der Waals surface area contributed by atoms with Gasteiger partial charge in [-0.25, -0.2) is 0 Å². The molecule has 0 saturated heterocycles. The molecule has 0 N–H and O–H groups in total. The molecule has 0 atom stereocenters. The van der Waals surface area contributed by atoms with Crippen LogP contribution in [0.3, 0.4) is 0 Å². The Morgan fingerprint density at radius 1 is 0.706 bits per heavy atom. The predicted molar refractivity (Wildman–Crippen MR) is 75.5 cm³/mol. The second-order valence-corrected chi connectivity index (χ2v) is 9.97. The maximum absolute atomic E-state index is 2.30. The first-order valence-corrected chi connectivity index (χ1v) is 12.5. The van der Waals surface area contributed by atoms with Crippen molar-refractivity contribution in [2.45, 2.75) is 21.8 Å². The average molecular weight is 415 g/mol. The SMILES string of the molecule is Cc1ccccc1[CH2][Tl][CH2]c1ccccc1C. The molecule has 17 heavy (non-hydrogen) atoms. The van der Waals surface area contributed by atoms with E-state index in [1.165, 1.54) is 19.1 Å². The first kappa shape index (κ1) is 12.8. The summed E-state index contributed by atoms with van der Waals surface area (Å²) in [5.74, 6) is 0. The van der Waals surface area contributed by atoms with Gasteiger partial charge >= 0.3 is 117 Å². The predicted octanol–water partition coefficient (Wildman–Crippen LogP) is 3.71. The molecule has 0 unspecified atom stereocenters.